The summed E-state index contributed by atoms with van der Waals surface area (Å²) in [6.45, 7) is 6.06. The van der Waals surface area contributed by atoms with E-state index in [2.05, 4.69) is 22.0 Å². The Balaban J connectivity index is 0.000000670. The predicted molar refractivity (Wildman–Crippen MR) is 95.2 cm³/mol. The van der Waals surface area contributed by atoms with E-state index in [1.807, 2.05) is 38.2 Å². The Labute approximate surface area is 136 Å². The van der Waals surface area contributed by atoms with Crippen LogP contribution < -0.4 is 5.73 Å². The van der Waals surface area contributed by atoms with Crippen LogP contribution in [0.1, 0.15) is 34.3 Å². The number of hydrogen-bond acceptors (Lipinski definition) is 5. The minimum absolute atomic E-state index is 0. The Hall–Kier alpha value is -2.76. The van der Waals surface area contributed by atoms with Gasteiger partial charge in [0.2, 0.25) is 5.95 Å². The van der Waals surface area contributed by atoms with Gasteiger partial charge in [-0.2, -0.15) is 0 Å². The average molecular weight is 310 g/mol. The molecule has 0 radical (unpaired) electrons. The number of aryl methyl sites for hydroxylation is 1. The third-order valence-corrected chi connectivity index (χ3v) is 3.70. The third-order valence-electron chi connectivity index (χ3n) is 3.70. The summed E-state index contributed by atoms with van der Waals surface area (Å²) in [6, 6.07) is 6.00. The molecule has 0 fully saturated rings. The molecule has 1 aliphatic rings. The van der Waals surface area contributed by atoms with E-state index in [4.69, 9.17) is 10.7 Å². The summed E-state index contributed by atoms with van der Waals surface area (Å²) < 4.78 is 1.72. The van der Waals surface area contributed by atoms with E-state index in [-0.39, 0.29) is 7.37 Å². The molecule has 0 unspecified atom stereocenters. The fourth-order valence-electron chi connectivity index (χ4n) is 2.62. The van der Waals surface area contributed by atoms with E-state index in [1.54, 1.807) is 10.7 Å². The minimum atomic E-state index is 0. The van der Waals surface area contributed by atoms with Gasteiger partial charge in [0.1, 0.15) is 0 Å². The van der Waals surface area contributed by atoms with Crippen LogP contribution in [0.4, 0.5) is 11.6 Å². The lowest BCUT2D eigenvalue weighted by Gasteiger charge is -2.13. The summed E-state index contributed by atoms with van der Waals surface area (Å²) in [5.41, 5.74) is 11.6. The van der Waals surface area contributed by atoms with Crippen molar-refractivity contribution >= 4 is 22.9 Å². The average Bonchev–Trinajstić information content (AvgIpc) is 2.99. The number of nitrogens with two attached hydrogens (primary N) is 1. The number of nitrogens with zero attached hydrogens (tertiary/aromatic N) is 5. The monoisotopic (exact) mass is 310 g/mol. The summed E-state index contributed by atoms with van der Waals surface area (Å²) in [6.07, 6.45) is 5.50. The topological polar surface area (TPSA) is 81.5 Å². The molecule has 4 rings (SSSR count). The lowest BCUT2D eigenvalue weighted by molar-refractivity contribution is 0.917. The van der Waals surface area contributed by atoms with Crippen LogP contribution >= 0.6 is 0 Å². The maximum atomic E-state index is 5.60. The van der Waals surface area contributed by atoms with E-state index in [9.17, 15) is 0 Å². The lowest BCUT2D eigenvalue weighted by Crippen LogP contribution is -2.04. The van der Waals surface area contributed by atoms with Gasteiger partial charge in [0.15, 0.2) is 0 Å². The quantitative estimate of drug-likeness (QED) is 0.743. The molecule has 0 amide bonds. The van der Waals surface area contributed by atoms with Crippen molar-refractivity contribution in [1.29, 1.82) is 0 Å². The van der Waals surface area contributed by atoms with Gasteiger partial charge in [0.05, 0.1) is 28.8 Å². The van der Waals surface area contributed by atoms with Crippen LogP contribution in [0.15, 0.2) is 35.6 Å². The van der Waals surface area contributed by atoms with E-state index in [0.29, 0.717) is 0 Å². The van der Waals surface area contributed by atoms with Crippen molar-refractivity contribution in [2.24, 2.45) is 4.99 Å². The highest BCUT2D eigenvalue weighted by molar-refractivity contribution is 5.87. The maximum absolute atomic E-state index is 5.60. The fraction of sp³-hybridized carbons (Fsp3) is 0.294. The minimum Gasteiger partial charge on any atom is -0.367 e. The van der Waals surface area contributed by atoms with Gasteiger partial charge < -0.3 is 5.73 Å². The third kappa shape index (κ3) is 2.79. The number of hydrogen-bond donors (Lipinski definition) is 1. The zero-order valence-corrected chi connectivity index (χ0v) is 13.6. The highest BCUT2D eigenvalue weighted by Gasteiger charge is 2.14. The zero-order chi connectivity index (χ0) is 16.4. The molecule has 3 aromatic heterocycles. The SMILES string of the molecule is CC.CC1=Nc2ccc(-c3ccn4nc(N)ncc34)nc2CC1.[HH]. The van der Waals surface area contributed by atoms with Crippen LogP contribution in [-0.2, 0) is 6.42 Å². The van der Waals surface area contributed by atoms with Crippen molar-refractivity contribution < 1.29 is 1.43 Å². The first kappa shape index (κ1) is 15.1. The summed E-state index contributed by atoms with van der Waals surface area (Å²) in [4.78, 5) is 13.4. The standard InChI is InChI=1S/C15H14N6.C2H6.H2/c1-9-2-3-13-12(18-9)5-4-11(19-13)10-6-7-21-14(10)8-17-15(16)20-21;1-2;/h4-8H,2-3H2,1H3,(H2,16,20);1-2H3;1H. The van der Waals surface area contributed by atoms with Crippen LogP contribution in [0.2, 0.25) is 0 Å². The number of aromatic nitrogens is 4. The largest absolute Gasteiger partial charge is 0.367 e. The second-order valence-corrected chi connectivity index (χ2v) is 5.19. The molecule has 3 aromatic rings. The molecule has 120 valence electrons. The smallest absolute Gasteiger partial charge is 0.238 e. The molecule has 0 aromatic carbocycles. The number of rotatable bonds is 1. The number of nitrogen functional groups attached to an aromatic ring is 1. The van der Waals surface area contributed by atoms with Crippen LogP contribution in [0.25, 0.3) is 16.8 Å². The van der Waals surface area contributed by atoms with Crippen molar-refractivity contribution in [3.8, 4) is 11.3 Å². The molecule has 0 saturated heterocycles. The van der Waals surface area contributed by atoms with E-state index < -0.39 is 0 Å². The normalized spacial score (nSPS) is 13.1. The number of fused-ring (bicyclic) bond motifs is 2. The fourth-order valence-corrected chi connectivity index (χ4v) is 2.62. The van der Waals surface area contributed by atoms with Gasteiger partial charge in [-0.15, -0.1) is 5.10 Å². The molecule has 4 heterocycles. The van der Waals surface area contributed by atoms with Gasteiger partial charge >= 0.3 is 0 Å². The first-order valence-electron chi connectivity index (χ1n) is 7.85. The molecule has 6 heteroatoms. The van der Waals surface area contributed by atoms with Gasteiger partial charge in [0, 0.05) is 18.9 Å². The molecular weight excluding hydrogens is 288 g/mol. The summed E-state index contributed by atoms with van der Waals surface area (Å²) in [7, 11) is 0. The first-order chi connectivity index (χ1) is 11.2. The molecule has 0 spiro atoms. The van der Waals surface area contributed by atoms with Gasteiger partial charge in [-0.25, -0.2) is 9.50 Å². The summed E-state index contributed by atoms with van der Waals surface area (Å²) in [5.74, 6) is 0.257. The predicted octanol–water partition coefficient (Wildman–Crippen LogP) is 3.68. The van der Waals surface area contributed by atoms with Crippen molar-refractivity contribution in [3.05, 3.63) is 36.3 Å². The second kappa shape index (κ2) is 6.16. The van der Waals surface area contributed by atoms with Crippen LogP contribution in [0, 0.1) is 0 Å². The first-order valence-corrected chi connectivity index (χ1v) is 7.85. The summed E-state index contributed by atoms with van der Waals surface area (Å²) in [5, 5.41) is 4.15. The number of anilines is 1. The Morgan fingerprint density at radius 2 is 2.00 bits per heavy atom. The van der Waals surface area contributed by atoms with Gasteiger partial charge in [-0.05, 0) is 38.0 Å². The Morgan fingerprint density at radius 1 is 1.17 bits per heavy atom. The highest BCUT2D eigenvalue weighted by atomic mass is 15.3. The van der Waals surface area contributed by atoms with Crippen LogP contribution in [-0.4, -0.2) is 25.3 Å². The summed E-state index contributed by atoms with van der Waals surface area (Å²) >= 11 is 0. The zero-order valence-electron chi connectivity index (χ0n) is 13.6. The Kier molecular flexibility index (Phi) is 4.06. The molecule has 0 atom stereocenters. The van der Waals surface area contributed by atoms with Crippen LogP contribution in [0.3, 0.4) is 0 Å². The lowest BCUT2D eigenvalue weighted by atomic mass is 10.1. The van der Waals surface area contributed by atoms with Crippen molar-refractivity contribution in [1.82, 2.24) is 19.6 Å². The van der Waals surface area contributed by atoms with Crippen molar-refractivity contribution in [2.75, 3.05) is 5.73 Å². The molecule has 2 N–H and O–H groups in total. The van der Waals surface area contributed by atoms with Crippen molar-refractivity contribution in [3.63, 3.8) is 0 Å². The van der Waals surface area contributed by atoms with E-state index in [0.717, 1.165) is 46.7 Å². The van der Waals surface area contributed by atoms with E-state index >= 15 is 0 Å². The number of aliphatic imine (C=N–C) groups is 1. The van der Waals surface area contributed by atoms with Gasteiger partial charge in [-0.3, -0.25) is 9.98 Å². The molecule has 0 saturated carbocycles. The molecular formula is C17H22N6. The van der Waals surface area contributed by atoms with Gasteiger partial charge in [0.25, 0.3) is 0 Å². The molecule has 0 aliphatic carbocycles. The second-order valence-electron chi connectivity index (χ2n) is 5.19. The Morgan fingerprint density at radius 3 is 2.83 bits per heavy atom. The molecule has 6 nitrogen and oxygen atoms in total. The van der Waals surface area contributed by atoms with Crippen molar-refractivity contribution in [2.45, 2.75) is 33.6 Å². The number of pyridine rings is 1. The van der Waals surface area contributed by atoms with Crippen LogP contribution in [0.5, 0.6) is 0 Å². The van der Waals surface area contributed by atoms with E-state index in [1.165, 1.54) is 0 Å². The highest BCUT2D eigenvalue weighted by Crippen LogP contribution is 2.29. The molecule has 0 bridgehead atoms. The molecule has 1 aliphatic heterocycles. The maximum Gasteiger partial charge on any atom is 0.238 e. The molecule has 23 heavy (non-hydrogen) atoms. The van der Waals surface area contributed by atoms with Gasteiger partial charge in [-0.1, -0.05) is 13.8 Å². The Bertz CT molecular complexity index is 884.